The van der Waals surface area contributed by atoms with Crippen molar-refractivity contribution in [2.75, 3.05) is 7.11 Å². The van der Waals surface area contributed by atoms with Crippen LogP contribution < -0.4 is 0 Å². The Hall–Kier alpha value is -2.27. The normalized spacial score (nSPS) is 9.75. The first kappa shape index (κ1) is 10.3. The average molecular weight is 210 g/mol. The van der Waals surface area contributed by atoms with Crippen LogP contribution in [-0.4, -0.2) is 13.1 Å². The number of esters is 1. The van der Waals surface area contributed by atoms with Gasteiger partial charge in [-0.15, -0.1) is 6.42 Å². The van der Waals surface area contributed by atoms with E-state index < -0.39 is 5.97 Å². The summed E-state index contributed by atoms with van der Waals surface area (Å²) in [6.07, 6.45) is 5.38. The van der Waals surface area contributed by atoms with Crippen molar-refractivity contribution in [3.63, 3.8) is 0 Å². The molecule has 0 fully saturated rings. The van der Waals surface area contributed by atoms with E-state index in [0.29, 0.717) is 11.1 Å². The maximum atomic E-state index is 11.7. The van der Waals surface area contributed by atoms with Gasteiger partial charge in [-0.25, -0.2) is 4.79 Å². The van der Waals surface area contributed by atoms with Crippen molar-refractivity contribution in [1.82, 2.24) is 0 Å². The van der Waals surface area contributed by atoms with Gasteiger partial charge in [0.15, 0.2) is 0 Å². The maximum Gasteiger partial charge on any atom is 0.339 e. The third-order valence-electron chi connectivity index (χ3n) is 2.46. The van der Waals surface area contributed by atoms with E-state index in [1.165, 1.54) is 7.11 Å². The smallest absolute Gasteiger partial charge is 0.339 e. The fourth-order valence-corrected chi connectivity index (χ4v) is 1.72. The van der Waals surface area contributed by atoms with Crippen molar-refractivity contribution >= 4 is 5.97 Å². The van der Waals surface area contributed by atoms with Crippen molar-refractivity contribution < 1.29 is 9.53 Å². The van der Waals surface area contributed by atoms with Gasteiger partial charge in [0.1, 0.15) is 0 Å². The van der Waals surface area contributed by atoms with Gasteiger partial charge >= 0.3 is 5.97 Å². The zero-order valence-corrected chi connectivity index (χ0v) is 8.86. The molecule has 2 rings (SSSR count). The molecule has 0 radical (unpaired) electrons. The van der Waals surface area contributed by atoms with Crippen LogP contribution in [0.25, 0.3) is 11.1 Å². The largest absolute Gasteiger partial charge is 0.465 e. The molecule has 0 unspecified atom stereocenters. The van der Waals surface area contributed by atoms with Gasteiger partial charge in [0.25, 0.3) is 0 Å². The predicted octanol–water partition coefficient (Wildman–Crippen LogP) is 2.56. The Balaban J connectivity index is 2.75. The zero-order valence-electron chi connectivity index (χ0n) is 8.86. The molecule has 0 amide bonds. The number of terminal acetylenes is 1. The van der Waals surface area contributed by atoms with Crippen LogP contribution >= 0.6 is 0 Å². The second-order valence-corrected chi connectivity index (χ2v) is 3.35. The van der Waals surface area contributed by atoms with Crippen molar-refractivity contribution in [3.05, 3.63) is 47.5 Å². The van der Waals surface area contributed by atoms with E-state index in [2.05, 4.69) is 5.92 Å². The molecule has 0 atom stereocenters. The van der Waals surface area contributed by atoms with Gasteiger partial charge in [-0.1, -0.05) is 36.3 Å². The Labute approximate surface area is 94.2 Å². The first-order valence-electron chi connectivity index (χ1n) is 4.84. The van der Waals surface area contributed by atoms with E-state index in [9.17, 15) is 4.79 Å². The Bertz CT molecular complexity index is 549. The highest BCUT2D eigenvalue weighted by Gasteiger charge is 2.20. The van der Waals surface area contributed by atoms with Crippen LogP contribution in [-0.2, 0) is 4.74 Å². The molecule has 0 aromatic rings. The summed E-state index contributed by atoms with van der Waals surface area (Å²) in [7, 11) is 1.35. The molecule has 78 valence electrons. The molecule has 0 aromatic carbocycles. The summed E-state index contributed by atoms with van der Waals surface area (Å²) in [5, 5.41) is 0. The Morgan fingerprint density at radius 2 is 2.06 bits per heavy atom. The van der Waals surface area contributed by atoms with E-state index in [4.69, 9.17) is 11.2 Å². The molecule has 0 spiro atoms. The molecule has 0 aliphatic heterocycles. The van der Waals surface area contributed by atoms with Crippen LogP contribution in [0.2, 0.25) is 0 Å². The van der Waals surface area contributed by atoms with Crippen molar-refractivity contribution in [3.8, 4) is 23.5 Å². The number of carbonyl (C=O) groups excluding carboxylic acids is 1. The molecule has 2 heteroatoms. The predicted molar refractivity (Wildman–Crippen MR) is 62.3 cm³/mol. The van der Waals surface area contributed by atoms with E-state index in [1.807, 2.05) is 36.4 Å². The molecule has 0 saturated carbocycles. The topological polar surface area (TPSA) is 26.3 Å². The highest BCUT2D eigenvalue weighted by atomic mass is 16.5. The standard InChI is InChI=1S/C14H10O2/c1-3-10-9-11-7-5-4-6-8-12(11)13(10)14(15)16-2/h1,4-9H,2H3. The van der Waals surface area contributed by atoms with Crippen molar-refractivity contribution in [1.29, 1.82) is 0 Å². The second kappa shape index (κ2) is 4.08. The molecule has 2 nitrogen and oxygen atoms in total. The zero-order chi connectivity index (χ0) is 11.5. The number of hydrogen-bond acceptors (Lipinski definition) is 2. The molecule has 2 aliphatic carbocycles. The van der Waals surface area contributed by atoms with Gasteiger partial charge in [0.2, 0.25) is 0 Å². The summed E-state index contributed by atoms with van der Waals surface area (Å²) in [5.74, 6) is 2.12. The van der Waals surface area contributed by atoms with E-state index in [-0.39, 0.29) is 0 Å². The Morgan fingerprint density at radius 3 is 2.75 bits per heavy atom. The maximum absolute atomic E-state index is 11.7. The van der Waals surface area contributed by atoms with Crippen LogP contribution in [0.3, 0.4) is 0 Å². The molecule has 16 heavy (non-hydrogen) atoms. The lowest BCUT2D eigenvalue weighted by Crippen LogP contribution is -2.02. The molecular weight excluding hydrogens is 200 g/mol. The molecular formula is C14H10O2. The molecule has 0 bridgehead atoms. The summed E-state index contributed by atoms with van der Waals surface area (Å²) in [6.45, 7) is 0. The minimum atomic E-state index is -0.394. The highest BCUT2D eigenvalue weighted by Crippen LogP contribution is 2.31. The van der Waals surface area contributed by atoms with Gasteiger partial charge in [0, 0.05) is 5.56 Å². The van der Waals surface area contributed by atoms with E-state index >= 15 is 0 Å². The number of methoxy groups -OCH3 is 1. The number of fused-ring (bicyclic) bond motifs is 1. The minimum absolute atomic E-state index is 0.394. The van der Waals surface area contributed by atoms with Crippen LogP contribution in [0.15, 0.2) is 36.4 Å². The van der Waals surface area contributed by atoms with Gasteiger partial charge < -0.3 is 4.74 Å². The Kier molecular flexibility index (Phi) is 2.61. The first-order chi connectivity index (χ1) is 7.77. The van der Waals surface area contributed by atoms with Gasteiger partial charge in [-0.3, -0.25) is 0 Å². The van der Waals surface area contributed by atoms with Crippen LogP contribution in [0.5, 0.6) is 0 Å². The highest BCUT2D eigenvalue weighted by molar-refractivity contribution is 6.02. The summed E-state index contributed by atoms with van der Waals surface area (Å²) >= 11 is 0. The average Bonchev–Trinajstić information content (AvgIpc) is 2.50. The lowest BCUT2D eigenvalue weighted by Gasteiger charge is -2.00. The van der Waals surface area contributed by atoms with Crippen LogP contribution in [0, 0.1) is 12.3 Å². The minimum Gasteiger partial charge on any atom is -0.465 e. The van der Waals surface area contributed by atoms with Crippen molar-refractivity contribution in [2.24, 2.45) is 0 Å². The summed E-state index contributed by atoms with van der Waals surface area (Å²) in [5.41, 5.74) is 2.81. The number of carbonyl (C=O) groups is 1. The van der Waals surface area contributed by atoms with E-state index in [0.717, 1.165) is 11.1 Å². The van der Waals surface area contributed by atoms with Crippen molar-refractivity contribution in [2.45, 2.75) is 0 Å². The SMILES string of the molecule is C#Cc1cc2cccccc-2c1C(=O)OC. The number of rotatable bonds is 1. The molecule has 0 aromatic heterocycles. The van der Waals surface area contributed by atoms with Gasteiger partial charge in [-0.2, -0.15) is 0 Å². The second-order valence-electron chi connectivity index (χ2n) is 3.35. The number of ether oxygens (including phenoxy) is 1. The number of hydrogen-bond donors (Lipinski definition) is 0. The summed E-state index contributed by atoms with van der Waals surface area (Å²) in [4.78, 5) is 11.7. The fourth-order valence-electron chi connectivity index (χ4n) is 1.72. The van der Waals surface area contributed by atoms with Gasteiger partial charge in [0.05, 0.1) is 12.7 Å². The van der Waals surface area contributed by atoms with Gasteiger partial charge in [-0.05, 0) is 17.2 Å². The first-order valence-corrected chi connectivity index (χ1v) is 4.84. The lowest BCUT2D eigenvalue weighted by atomic mass is 10.1. The van der Waals surface area contributed by atoms with E-state index in [1.54, 1.807) is 0 Å². The monoisotopic (exact) mass is 210 g/mol. The quantitative estimate of drug-likeness (QED) is 0.534. The lowest BCUT2D eigenvalue weighted by molar-refractivity contribution is 0.0602. The summed E-state index contributed by atoms with van der Waals surface area (Å²) in [6, 6.07) is 11.3. The molecule has 2 aliphatic rings. The third-order valence-corrected chi connectivity index (χ3v) is 2.46. The summed E-state index contributed by atoms with van der Waals surface area (Å²) < 4.78 is 4.74. The third kappa shape index (κ3) is 1.53. The molecule has 0 saturated heterocycles. The molecule has 0 N–H and O–H groups in total. The van der Waals surface area contributed by atoms with Crippen LogP contribution in [0.4, 0.5) is 0 Å². The Morgan fingerprint density at radius 1 is 1.31 bits per heavy atom. The van der Waals surface area contributed by atoms with Crippen LogP contribution in [0.1, 0.15) is 15.9 Å². The fraction of sp³-hybridized carbons (Fsp3) is 0.0714. The molecule has 0 heterocycles.